The summed E-state index contributed by atoms with van der Waals surface area (Å²) in [5.74, 6) is 0. The molecule has 1 aromatic carbocycles. The molecule has 0 aliphatic carbocycles. The molecule has 1 saturated heterocycles. The first-order valence-electron chi connectivity index (χ1n) is 5.62. The Morgan fingerprint density at radius 3 is 2.41 bits per heavy atom. The predicted molar refractivity (Wildman–Crippen MR) is 69.4 cm³/mol. The highest BCUT2D eigenvalue weighted by molar-refractivity contribution is 7.90. The van der Waals surface area contributed by atoms with Gasteiger partial charge < -0.3 is 0 Å². The van der Waals surface area contributed by atoms with Crippen LogP contribution in [-0.4, -0.2) is 25.8 Å². The van der Waals surface area contributed by atoms with Crippen LogP contribution in [0.2, 0.25) is 5.02 Å². The fourth-order valence-corrected chi connectivity index (χ4v) is 3.42. The van der Waals surface area contributed by atoms with Crippen LogP contribution in [0, 0.1) is 0 Å². The molecule has 1 heterocycles. The number of hydrogen-bond acceptors (Lipinski definition) is 2. The number of nitrogens with zero attached hydrogens (tertiary/aromatic N) is 1. The summed E-state index contributed by atoms with van der Waals surface area (Å²) >= 11 is 5.92. The van der Waals surface area contributed by atoms with Crippen LogP contribution in [0.1, 0.15) is 19.3 Å². The molecule has 0 spiro atoms. The molecule has 0 bridgehead atoms. The molecular weight excluding hydrogens is 260 g/mol. The molecule has 6 heteroatoms. The van der Waals surface area contributed by atoms with Crippen molar-refractivity contribution < 1.29 is 8.42 Å². The van der Waals surface area contributed by atoms with Gasteiger partial charge in [-0.25, -0.2) is 0 Å². The number of hydrogen-bond donors (Lipinski definition) is 1. The maximum Gasteiger partial charge on any atom is 0.301 e. The van der Waals surface area contributed by atoms with E-state index in [-0.39, 0.29) is 0 Å². The Labute approximate surface area is 107 Å². The van der Waals surface area contributed by atoms with Gasteiger partial charge in [0, 0.05) is 13.1 Å². The van der Waals surface area contributed by atoms with Gasteiger partial charge in [0.2, 0.25) is 0 Å². The molecule has 0 amide bonds. The van der Waals surface area contributed by atoms with Crippen LogP contribution < -0.4 is 4.72 Å². The van der Waals surface area contributed by atoms with E-state index in [4.69, 9.17) is 11.6 Å². The summed E-state index contributed by atoms with van der Waals surface area (Å²) in [6.07, 6.45) is 2.94. The predicted octanol–water partition coefficient (Wildman–Crippen LogP) is 2.48. The van der Waals surface area contributed by atoms with Crippen LogP contribution in [-0.2, 0) is 10.2 Å². The van der Waals surface area contributed by atoms with Gasteiger partial charge in [-0.3, -0.25) is 4.72 Å². The smallest absolute Gasteiger partial charge is 0.269 e. The number of para-hydroxylation sites is 1. The summed E-state index contributed by atoms with van der Waals surface area (Å²) in [5.41, 5.74) is 0.430. The van der Waals surface area contributed by atoms with Crippen molar-refractivity contribution >= 4 is 27.5 Å². The molecule has 0 saturated carbocycles. The van der Waals surface area contributed by atoms with Crippen molar-refractivity contribution in [2.75, 3.05) is 17.8 Å². The van der Waals surface area contributed by atoms with Gasteiger partial charge >= 0.3 is 10.2 Å². The molecule has 1 N–H and O–H groups in total. The first-order chi connectivity index (χ1) is 8.09. The van der Waals surface area contributed by atoms with Gasteiger partial charge in [-0.15, -0.1) is 0 Å². The molecule has 1 aromatic rings. The van der Waals surface area contributed by atoms with Crippen molar-refractivity contribution in [2.45, 2.75) is 19.3 Å². The van der Waals surface area contributed by atoms with E-state index in [1.807, 2.05) is 0 Å². The van der Waals surface area contributed by atoms with E-state index >= 15 is 0 Å². The molecule has 2 rings (SSSR count). The minimum Gasteiger partial charge on any atom is -0.269 e. The Hall–Kier alpha value is -0.780. The third kappa shape index (κ3) is 3.12. The van der Waals surface area contributed by atoms with E-state index in [2.05, 4.69) is 4.72 Å². The lowest BCUT2D eigenvalue weighted by molar-refractivity contribution is 0.349. The molecule has 0 radical (unpaired) electrons. The lowest BCUT2D eigenvalue weighted by Crippen LogP contribution is -2.39. The van der Waals surface area contributed by atoms with Gasteiger partial charge in [0.25, 0.3) is 0 Å². The van der Waals surface area contributed by atoms with Gasteiger partial charge in [-0.05, 0) is 25.0 Å². The van der Waals surface area contributed by atoms with Crippen LogP contribution in [0.5, 0.6) is 0 Å². The SMILES string of the molecule is O=S(=O)(Nc1ccccc1Cl)N1CCCCC1. The molecule has 0 aromatic heterocycles. The van der Waals surface area contributed by atoms with Crippen molar-refractivity contribution in [1.82, 2.24) is 4.31 Å². The zero-order valence-electron chi connectivity index (χ0n) is 9.39. The van der Waals surface area contributed by atoms with E-state index in [9.17, 15) is 8.42 Å². The second-order valence-corrected chi connectivity index (χ2v) is 6.12. The molecule has 17 heavy (non-hydrogen) atoms. The molecule has 1 aliphatic rings. The lowest BCUT2D eigenvalue weighted by Gasteiger charge is -2.26. The van der Waals surface area contributed by atoms with Gasteiger partial charge in [-0.2, -0.15) is 12.7 Å². The Bertz CT molecular complexity index is 484. The van der Waals surface area contributed by atoms with E-state index in [0.717, 1.165) is 19.3 Å². The van der Waals surface area contributed by atoms with E-state index in [0.29, 0.717) is 23.8 Å². The number of nitrogens with one attached hydrogen (secondary N) is 1. The van der Waals surface area contributed by atoms with E-state index in [1.54, 1.807) is 24.3 Å². The molecular formula is C11H15ClN2O2S. The average Bonchev–Trinajstić information content (AvgIpc) is 2.33. The number of halogens is 1. The van der Waals surface area contributed by atoms with E-state index < -0.39 is 10.2 Å². The van der Waals surface area contributed by atoms with Gasteiger partial charge in [0.1, 0.15) is 0 Å². The lowest BCUT2D eigenvalue weighted by atomic mass is 10.2. The largest absolute Gasteiger partial charge is 0.301 e. The highest BCUT2D eigenvalue weighted by Gasteiger charge is 2.24. The molecule has 1 aliphatic heterocycles. The standard InChI is InChI=1S/C11H15ClN2O2S/c12-10-6-2-3-7-11(10)13-17(15,16)14-8-4-1-5-9-14/h2-3,6-7,13H,1,4-5,8-9H2. The van der Waals surface area contributed by atoms with Crippen LogP contribution >= 0.6 is 11.6 Å². The quantitative estimate of drug-likeness (QED) is 0.921. The fourth-order valence-electron chi connectivity index (χ4n) is 1.85. The van der Waals surface area contributed by atoms with Crippen LogP contribution in [0.15, 0.2) is 24.3 Å². The van der Waals surface area contributed by atoms with Crippen molar-refractivity contribution in [3.05, 3.63) is 29.3 Å². The number of benzene rings is 1. The Kier molecular flexibility index (Phi) is 3.91. The van der Waals surface area contributed by atoms with Crippen molar-refractivity contribution in [2.24, 2.45) is 0 Å². The number of piperidine rings is 1. The molecule has 0 atom stereocenters. The van der Waals surface area contributed by atoms with Crippen molar-refractivity contribution in [3.8, 4) is 0 Å². The average molecular weight is 275 g/mol. The van der Waals surface area contributed by atoms with Crippen molar-refractivity contribution in [1.29, 1.82) is 0 Å². The molecule has 1 fully saturated rings. The second-order valence-electron chi connectivity index (χ2n) is 4.05. The molecule has 0 unspecified atom stereocenters. The summed E-state index contributed by atoms with van der Waals surface area (Å²) in [6, 6.07) is 6.83. The zero-order valence-corrected chi connectivity index (χ0v) is 11.0. The third-order valence-electron chi connectivity index (χ3n) is 2.77. The topological polar surface area (TPSA) is 49.4 Å². The Morgan fingerprint density at radius 1 is 1.12 bits per heavy atom. The first kappa shape index (κ1) is 12.7. The van der Waals surface area contributed by atoms with Crippen LogP contribution in [0.3, 0.4) is 0 Å². The maximum atomic E-state index is 12.1. The van der Waals surface area contributed by atoms with Crippen LogP contribution in [0.4, 0.5) is 5.69 Å². The second kappa shape index (κ2) is 5.25. The Balaban J connectivity index is 2.14. The van der Waals surface area contributed by atoms with Crippen LogP contribution in [0.25, 0.3) is 0 Å². The van der Waals surface area contributed by atoms with Gasteiger partial charge in [0.15, 0.2) is 0 Å². The summed E-state index contributed by atoms with van der Waals surface area (Å²) in [7, 11) is -3.46. The maximum absolute atomic E-state index is 12.1. The summed E-state index contributed by atoms with van der Waals surface area (Å²) in [4.78, 5) is 0. The minimum absolute atomic E-state index is 0.410. The monoisotopic (exact) mass is 274 g/mol. The van der Waals surface area contributed by atoms with Crippen molar-refractivity contribution in [3.63, 3.8) is 0 Å². The fraction of sp³-hybridized carbons (Fsp3) is 0.455. The highest BCUT2D eigenvalue weighted by atomic mass is 35.5. The highest BCUT2D eigenvalue weighted by Crippen LogP contribution is 2.23. The minimum atomic E-state index is -3.46. The number of rotatable bonds is 3. The third-order valence-corrected chi connectivity index (χ3v) is 4.62. The first-order valence-corrected chi connectivity index (χ1v) is 7.44. The summed E-state index contributed by atoms with van der Waals surface area (Å²) in [5, 5.41) is 0.410. The normalized spacial score (nSPS) is 17.9. The molecule has 94 valence electrons. The summed E-state index contributed by atoms with van der Waals surface area (Å²) < 4.78 is 28.1. The van der Waals surface area contributed by atoms with Gasteiger partial charge in [0.05, 0.1) is 10.7 Å². The summed E-state index contributed by atoms with van der Waals surface area (Å²) in [6.45, 7) is 1.17. The van der Waals surface area contributed by atoms with E-state index in [1.165, 1.54) is 4.31 Å². The number of anilines is 1. The van der Waals surface area contributed by atoms with Gasteiger partial charge in [-0.1, -0.05) is 30.2 Å². The zero-order chi connectivity index (χ0) is 12.3. The Morgan fingerprint density at radius 2 is 1.76 bits per heavy atom. The molecule has 4 nitrogen and oxygen atoms in total.